The predicted octanol–water partition coefficient (Wildman–Crippen LogP) is 3.63. The number of phenolic OH excluding ortho intramolecular Hbond substituents is 1. The average Bonchev–Trinajstić information content (AvgIpc) is 3.06. The van der Waals surface area contributed by atoms with E-state index in [2.05, 4.69) is 0 Å². The summed E-state index contributed by atoms with van der Waals surface area (Å²) in [4.78, 5) is 54.9. The normalized spacial score (nSPS) is 28.4. The van der Waals surface area contributed by atoms with E-state index in [1.807, 2.05) is 26.8 Å². The van der Waals surface area contributed by atoms with Crippen molar-refractivity contribution in [2.75, 3.05) is 7.11 Å². The van der Waals surface area contributed by atoms with E-state index >= 15 is 0 Å². The molecule has 1 N–H and O–H groups in total. The molecule has 35 heavy (non-hydrogen) atoms. The lowest BCUT2D eigenvalue weighted by molar-refractivity contribution is -0.145. The summed E-state index contributed by atoms with van der Waals surface area (Å²) in [6.45, 7) is 7.16. The third kappa shape index (κ3) is 3.32. The molecular weight excluding hydrogens is 446 g/mol. The molecule has 1 saturated heterocycles. The van der Waals surface area contributed by atoms with Gasteiger partial charge in [0.25, 0.3) is 0 Å². The zero-order valence-electron chi connectivity index (χ0n) is 20.5. The zero-order valence-corrected chi connectivity index (χ0v) is 20.5. The number of imide groups is 1. The van der Waals surface area contributed by atoms with E-state index in [0.29, 0.717) is 34.5 Å². The van der Waals surface area contributed by atoms with Crippen LogP contribution in [0.3, 0.4) is 0 Å². The van der Waals surface area contributed by atoms with Crippen molar-refractivity contribution in [2.24, 2.45) is 17.8 Å². The number of phenols is 1. The number of benzene rings is 1. The molecule has 5 rings (SSSR count). The molecule has 0 spiro atoms. The molecule has 0 bridgehead atoms. The molecule has 2 amide bonds. The van der Waals surface area contributed by atoms with Crippen molar-refractivity contribution in [1.29, 1.82) is 0 Å². The number of allylic oxidation sites excluding steroid dienone is 6. The number of nitrogens with zero attached hydrogens (tertiary/aromatic N) is 1. The van der Waals surface area contributed by atoms with Gasteiger partial charge in [-0.25, -0.2) is 0 Å². The minimum atomic E-state index is -0.652. The largest absolute Gasteiger partial charge is 0.508 e. The Morgan fingerprint density at radius 2 is 1.77 bits per heavy atom. The molecule has 1 aromatic carbocycles. The van der Waals surface area contributed by atoms with E-state index in [1.165, 1.54) is 30.2 Å². The quantitative estimate of drug-likeness (QED) is 0.398. The minimum Gasteiger partial charge on any atom is -0.508 e. The average molecular weight is 476 g/mol. The Morgan fingerprint density at radius 1 is 1.06 bits per heavy atom. The van der Waals surface area contributed by atoms with Gasteiger partial charge in [-0.3, -0.25) is 24.1 Å². The Morgan fingerprint density at radius 3 is 2.43 bits per heavy atom. The van der Waals surface area contributed by atoms with Gasteiger partial charge in [0.1, 0.15) is 11.5 Å². The fourth-order valence-corrected chi connectivity index (χ4v) is 6.32. The van der Waals surface area contributed by atoms with Crippen LogP contribution in [0.1, 0.15) is 52.0 Å². The van der Waals surface area contributed by atoms with E-state index in [9.17, 15) is 24.3 Å². The number of carbonyl (C=O) groups excluding carboxylic acids is 4. The van der Waals surface area contributed by atoms with Crippen LogP contribution in [0.2, 0.25) is 0 Å². The second kappa shape index (κ2) is 7.77. The summed E-state index contributed by atoms with van der Waals surface area (Å²) in [7, 11) is 1.48. The number of Topliss-reactive ketones (excluding diaryl/α,β-unsaturated/α-hetero) is 1. The summed E-state index contributed by atoms with van der Waals surface area (Å²) < 4.78 is 5.56. The van der Waals surface area contributed by atoms with Gasteiger partial charge in [0.15, 0.2) is 11.6 Å². The number of amides is 2. The van der Waals surface area contributed by atoms with Gasteiger partial charge in [-0.1, -0.05) is 17.7 Å². The van der Waals surface area contributed by atoms with E-state index in [0.717, 1.165) is 5.57 Å². The fourth-order valence-electron chi connectivity index (χ4n) is 6.32. The van der Waals surface area contributed by atoms with Crippen LogP contribution in [0.4, 0.5) is 0 Å². The highest BCUT2D eigenvalue weighted by atomic mass is 16.5. The van der Waals surface area contributed by atoms with Crippen molar-refractivity contribution < 1.29 is 29.0 Å². The summed E-state index contributed by atoms with van der Waals surface area (Å²) in [6, 6.07) is 4.71. The molecule has 7 heteroatoms. The molecule has 0 radical (unpaired) electrons. The number of aromatic hydroxyl groups is 1. The molecule has 1 fully saturated rings. The Hall–Kier alpha value is -3.48. The molecule has 1 aromatic rings. The maximum atomic E-state index is 13.7. The standard InChI is InChI=1S/C28H29NO6/c1-13-10-20(31)19-12-18-15(8-9-17-23(18)27(34)29(26(17)33)28(2,3)4)22(24(19)25(13)32)16-7-6-14(30)11-21(16)35-5/h6-8,10-11,17-18,22-23,30H,9,12H2,1-5H3. The van der Waals surface area contributed by atoms with Gasteiger partial charge in [0, 0.05) is 39.8 Å². The number of hydrogen-bond donors (Lipinski definition) is 1. The third-order valence-corrected chi connectivity index (χ3v) is 7.76. The van der Waals surface area contributed by atoms with Crippen LogP contribution in [0.15, 0.2) is 52.6 Å². The molecule has 182 valence electrons. The van der Waals surface area contributed by atoms with Crippen molar-refractivity contribution in [3.05, 3.63) is 58.2 Å². The van der Waals surface area contributed by atoms with Gasteiger partial charge >= 0.3 is 0 Å². The predicted molar refractivity (Wildman–Crippen MR) is 128 cm³/mol. The Labute approximate surface area is 204 Å². The van der Waals surface area contributed by atoms with Gasteiger partial charge in [-0.2, -0.15) is 0 Å². The van der Waals surface area contributed by atoms with Crippen LogP contribution in [0, 0.1) is 17.8 Å². The van der Waals surface area contributed by atoms with Crippen molar-refractivity contribution in [3.63, 3.8) is 0 Å². The van der Waals surface area contributed by atoms with Crippen LogP contribution < -0.4 is 4.74 Å². The van der Waals surface area contributed by atoms with E-state index in [4.69, 9.17) is 4.74 Å². The number of methoxy groups -OCH3 is 1. The van der Waals surface area contributed by atoms with Gasteiger partial charge in [0.2, 0.25) is 11.8 Å². The number of ether oxygens (including phenoxy) is 1. The number of fused-ring (bicyclic) bond motifs is 3. The number of rotatable bonds is 2. The Balaban J connectivity index is 1.71. The topological polar surface area (TPSA) is 101 Å². The summed E-state index contributed by atoms with van der Waals surface area (Å²) in [6.07, 6.45) is 3.98. The monoisotopic (exact) mass is 475 g/mol. The first kappa shape index (κ1) is 23.3. The zero-order chi connectivity index (χ0) is 25.4. The number of hydrogen-bond acceptors (Lipinski definition) is 6. The molecule has 1 aliphatic heterocycles. The summed E-state index contributed by atoms with van der Waals surface area (Å²) in [5, 5.41) is 10.0. The minimum absolute atomic E-state index is 0.0179. The summed E-state index contributed by atoms with van der Waals surface area (Å²) >= 11 is 0. The highest BCUT2D eigenvalue weighted by Gasteiger charge is 2.58. The molecule has 4 unspecified atom stereocenters. The Kier molecular flexibility index (Phi) is 5.16. The van der Waals surface area contributed by atoms with Crippen molar-refractivity contribution in [1.82, 2.24) is 4.90 Å². The van der Waals surface area contributed by atoms with Crippen LogP contribution in [0.25, 0.3) is 0 Å². The van der Waals surface area contributed by atoms with E-state index < -0.39 is 23.3 Å². The molecular formula is C28H29NO6. The maximum Gasteiger partial charge on any atom is 0.234 e. The molecule has 7 nitrogen and oxygen atoms in total. The molecule has 3 aliphatic carbocycles. The SMILES string of the molecule is COc1cc(O)ccc1C1C2=CCC3C(=O)N(C(C)(C)C)C(=O)C3C2CC2=C1C(=O)C(C)=CC2=O. The second-order valence-electron chi connectivity index (χ2n) is 10.8. The first-order valence-corrected chi connectivity index (χ1v) is 11.9. The van der Waals surface area contributed by atoms with Gasteiger partial charge in [0.05, 0.1) is 18.9 Å². The first-order chi connectivity index (χ1) is 16.5. The Bertz CT molecular complexity index is 1290. The van der Waals surface area contributed by atoms with Gasteiger partial charge in [-0.15, -0.1) is 0 Å². The van der Waals surface area contributed by atoms with Crippen molar-refractivity contribution in [2.45, 2.75) is 52.0 Å². The van der Waals surface area contributed by atoms with Crippen LogP contribution in [-0.4, -0.2) is 46.0 Å². The molecule has 0 aromatic heterocycles. The lowest BCUT2D eigenvalue weighted by Crippen LogP contribution is -2.46. The first-order valence-electron chi connectivity index (χ1n) is 11.9. The van der Waals surface area contributed by atoms with Gasteiger partial charge in [-0.05, 0) is 58.6 Å². The molecule has 1 heterocycles. The van der Waals surface area contributed by atoms with Crippen LogP contribution in [-0.2, 0) is 19.2 Å². The van der Waals surface area contributed by atoms with Crippen molar-refractivity contribution in [3.8, 4) is 11.5 Å². The number of ketones is 2. The number of carbonyl (C=O) groups is 4. The van der Waals surface area contributed by atoms with Gasteiger partial charge < -0.3 is 9.84 Å². The summed E-state index contributed by atoms with van der Waals surface area (Å²) in [5.74, 6) is -2.48. The molecule has 4 aliphatic rings. The van der Waals surface area contributed by atoms with E-state index in [-0.39, 0.29) is 41.5 Å². The van der Waals surface area contributed by atoms with E-state index in [1.54, 1.807) is 13.0 Å². The highest BCUT2D eigenvalue weighted by Crippen LogP contribution is 2.56. The number of likely N-dealkylation sites (tertiary alicyclic amines) is 1. The third-order valence-electron chi connectivity index (χ3n) is 7.76. The lowest BCUT2D eigenvalue weighted by atomic mass is 9.59. The molecule has 4 atom stereocenters. The van der Waals surface area contributed by atoms with Crippen molar-refractivity contribution >= 4 is 23.4 Å². The lowest BCUT2D eigenvalue weighted by Gasteiger charge is -2.42. The second-order valence-corrected chi connectivity index (χ2v) is 10.8. The fraction of sp³-hybridized carbons (Fsp3) is 0.429. The maximum absolute atomic E-state index is 13.7. The summed E-state index contributed by atoms with van der Waals surface area (Å²) in [5.41, 5.74) is 2.03. The van der Waals surface area contributed by atoms with Crippen LogP contribution in [0.5, 0.6) is 11.5 Å². The van der Waals surface area contributed by atoms with Crippen LogP contribution >= 0.6 is 0 Å². The molecule has 0 saturated carbocycles. The highest BCUT2D eigenvalue weighted by molar-refractivity contribution is 6.24. The smallest absolute Gasteiger partial charge is 0.234 e.